The molecule has 0 atom stereocenters. The lowest BCUT2D eigenvalue weighted by atomic mass is 10.2. The van der Waals surface area contributed by atoms with E-state index >= 15 is 0 Å². The second-order valence-electron chi connectivity index (χ2n) is 3.79. The van der Waals surface area contributed by atoms with Gasteiger partial charge in [0, 0.05) is 7.05 Å². The van der Waals surface area contributed by atoms with Crippen molar-refractivity contribution in [2.24, 2.45) is 7.05 Å². The fourth-order valence-electron chi connectivity index (χ4n) is 1.55. The molecular weight excluding hydrogens is 246 g/mol. The molecule has 0 aliphatic rings. The van der Waals surface area contributed by atoms with E-state index in [0.717, 1.165) is 11.3 Å². The summed E-state index contributed by atoms with van der Waals surface area (Å²) in [6.07, 6.45) is 4.04. The lowest BCUT2D eigenvalue weighted by molar-refractivity contribution is 0.737. The zero-order valence-electron chi connectivity index (χ0n) is 10.5. The first-order valence-corrected chi connectivity index (χ1v) is 6.59. The zero-order chi connectivity index (χ0) is 13.1. The maximum absolute atomic E-state index is 9.30. The molecule has 2 rings (SSSR count). The average molecular weight is 259 g/mol. The summed E-state index contributed by atoms with van der Waals surface area (Å²) in [5, 5.41) is 14.2. The van der Waals surface area contributed by atoms with E-state index < -0.39 is 0 Å². The van der Waals surface area contributed by atoms with E-state index in [9.17, 15) is 5.26 Å². The molecule has 5 nitrogen and oxygen atoms in total. The predicted octanol–water partition coefficient (Wildman–Crippen LogP) is 2.46. The van der Waals surface area contributed by atoms with Gasteiger partial charge in [-0.05, 0) is 25.3 Å². The first kappa shape index (κ1) is 12.5. The summed E-state index contributed by atoms with van der Waals surface area (Å²) in [4.78, 5) is 5.78. The number of nitriles is 1. The molecule has 1 heterocycles. The molecule has 0 aliphatic heterocycles. The van der Waals surface area contributed by atoms with Crippen LogP contribution in [0.1, 0.15) is 5.56 Å². The highest BCUT2D eigenvalue weighted by Gasteiger charge is 2.16. The van der Waals surface area contributed by atoms with Crippen molar-refractivity contribution in [1.82, 2.24) is 14.8 Å². The minimum absolute atomic E-state index is 0.519. The fraction of sp³-hybridized carbons (Fsp3) is 0.250. The third-order valence-corrected chi connectivity index (χ3v) is 3.03. The summed E-state index contributed by atoms with van der Waals surface area (Å²) in [7, 11) is 1.78. The monoisotopic (exact) mass is 259 g/mol. The van der Waals surface area contributed by atoms with Crippen LogP contribution in [0.3, 0.4) is 0 Å². The molecule has 0 amide bonds. The molecule has 6 heteroatoms. The Kier molecular flexibility index (Phi) is 3.53. The quantitative estimate of drug-likeness (QED) is 0.481. The molecule has 1 aromatic heterocycles. The average Bonchev–Trinajstić information content (AvgIpc) is 2.74. The van der Waals surface area contributed by atoms with Gasteiger partial charge in [0.25, 0.3) is 0 Å². The fourth-order valence-corrected chi connectivity index (χ4v) is 1.92. The van der Waals surface area contributed by atoms with Crippen molar-refractivity contribution >= 4 is 23.4 Å². The smallest absolute Gasteiger partial charge is 0.233 e. The lowest BCUT2D eigenvalue weighted by Crippen LogP contribution is -2.14. The van der Waals surface area contributed by atoms with Gasteiger partial charge in [-0.3, -0.25) is 0 Å². The molecular formula is C12H13N5S. The van der Waals surface area contributed by atoms with Gasteiger partial charge in [0.05, 0.1) is 5.69 Å². The normalized spacial score (nSPS) is 10.1. The van der Waals surface area contributed by atoms with Crippen LogP contribution in [0.2, 0.25) is 0 Å². The standard InChI is InChI=1S/C12H13N5S/c1-9-4-6-10(7-5-9)17(8-13)12-14-11(18-3)15-16(12)2/h4-7H,1-3H3. The first-order valence-electron chi connectivity index (χ1n) is 5.37. The molecule has 18 heavy (non-hydrogen) atoms. The van der Waals surface area contributed by atoms with Crippen LogP contribution in [0.15, 0.2) is 29.4 Å². The Balaban J connectivity index is 2.42. The molecule has 92 valence electrons. The molecule has 1 aromatic carbocycles. The number of aryl methyl sites for hydroxylation is 2. The van der Waals surface area contributed by atoms with Crippen molar-refractivity contribution < 1.29 is 0 Å². The maximum atomic E-state index is 9.30. The van der Waals surface area contributed by atoms with Crippen molar-refractivity contribution in [1.29, 1.82) is 5.26 Å². The molecule has 0 bridgehead atoms. The molecule has 0 radical (unpaired) electrons. The van der Waals surface area contributed by atoms with Gasteiger partial charge in [0.2, 0.25) is 11.1 Å². The molecule has 0 saturated carbocycles. The van der Waals surface area contributed by atoms with E-state index in [4.69, 9.17) is 0 Å². The highest BCUT2D eigenvalue weighted by Crippen LogP contribution is 2.24. The predicted molar refractivity (Wildman–Crippen MR) is 71.7 cm³/mol. The van der Waals surface area contributed by atoms with Gasteiger partial charge in [-0.1, -0.05) is 29.5 Å². The van der Waals surface area contributed by atoms with Crippen LogP contribution in [0.5, 0.6) is 0 Å². The second-order valence-corrected chi connectivity index (χ2v) is 4.57. The number of rotatable bonds is 3. The summed E-state index contributed by atoms with van der Waals surface area (Å²) in [5.74, 6) is 0.519. The van der Waals surface area contributed by atoms with Crippen molar-refractivity contribution in [2.75, 3.05) is 11.2 Å². The summed E-state index contributed by atoms with van der Waals surface area (Å²) in [5.41, 5.74) is 1.94. The van der Waals surface area contributed by atoms with Crippen LogP contribution >= 0.6 is 11.8 Å². The summed E-state index contributed by atoms with van der Waals surface area (Å²) >= 11 is 1.45. The number of nitrogens with zero attached hydrogens (tertiary/aromatic N) is 5. The van der Waals surface area contributed by atoms with E-state index in [1.54, 1.807) is 11.7 Å². The van der Waals surface area contributed by atoms with Gasteiger partial charge in [0.1, 0.15) is 0 Å². The van der Waals surface area contributed by atoms with Gasteiger partial charge in [-0.15, -0.1) is 5.10 Å². The molecule has 0 N–H and O–H groups in total. The second kappa shape index (κ2) is 5.10. The molecule has 2 aromatic rings. The molecule has 0 spiro atoms. The van der Waals surface area contributed by atoms with Crippen molar-refractivity contribution in [3.05, 3.63) is 29.8 Å². The van der Waals surface area contributed by atoms with Crippen molar-refractivity contribution in [3.8, 4) is 6.19 Å². The van der Waals surface area contributed by atoms with E-state index in [1.165, 1.54) is 16.7 Å². The Morgan fingerprint density at radius 3 is 2.50 bits per heavy atom. The highest BCUT2D eigenvalue weighted by atomic mass is 32.2. The Morgan fingerprint density at radius 1 is 1.33 bits per heavy atom. The number of hydrogen-bond acceptors (Lipinski definition) is 5. The zero-order valence-corrected chi connectivity index (χ0v) is 11.3. The van der Waals surface area contributed by atoms with Crippen LogP contribution in [0.25, 0.3) is 0 Å². The molecule has 0 unspecified atom stereocenters. The van der Waals surface area contributed by atoms with Crippen LogP contribution in [0.4, 0.5) is 11.6 Å². The number of thioether (sulfide) groups is 1. The number of aromatic nitrogens is 3. The third-order valence-electron chi connectivity index (χ3n) is 2.50. The van der Waals surface area contributed by atoms with Crippen LogP contribution in [-0.2, 0) is 7.05 Å². The van der Waals surface area contributed by atoms with E-state index in [0.29, 0.717) is 11.1 Å². The van der Waals surface area contributed by atoms with Crippen molar-refractivity contribution in [3.63, 3.8) is 0 Å². The Labute approximate surface area is 110 Å². The Hall–Kier alpha value is -2.00. The first-order chi connectivity index (χ1) is 8.65. The Morgan fingerprint density at radius 2 is 2.00 bits per heavy atom. The van der Waals surface area contributed by atoms with E-state index in [2.05, 4.69) is 16.3 Å². The maximum Gasteiger partial charge on any atom is 0.242 e. The minimum Gasteiger partial charge on any atom is -0.233 e. The van der Waals surface area contributed by atoms with Gasteiger partial charge >= 0.3 is 0 Å². The topological polar surface area (TPSA) is 57.7 Å². The van der Waals surface area contributed by atoms with Crippen LogP contribution in [-0.4, -0.2) is 21.0 Å². The summed E-state index contributed by atoms with van der Waals surface area (Å²) < 4.78 is 1.61. The number of anilines is 2. The summed E-state index contributed by atoms with van der Waals surface area (Å²) in [6, 6.07) is 7.72. The van der Waals surface area contributed by atoms with E-state index in [-0.39, 0.29) is 0 Å². The van der Waals surface area contributed by atoms with E-state index in [1.807, 2.05) is 37.4 Å². The minimum atomic E-state index is 0.519. The third kappa shape index (κ3) is 2.31. The SMILES string of the molecule is CSc1nc(N(C#N)c2ccc(C)cc2)n(C)n1. The van der Waals surface area contributed by atoms with Gasteiger partial charge in [0.15, 0.2) is 6.19 Å². The number of hydrogen-bond donors (Lipinski definition) is 0. The molecule has 0 aliphatic carbocycles. The van der Waals surface area contributed by atoms with Crippen molar-refractivity contribution in [2.45, 2.75) is 12.1 Å². The largest absolute Gasteiger partial charge is 0.242 e. The van der Waals surface area contributed by atoms with Gasteiger partial charge < -0.3 is 0 Å². The van der Waals surface area contributed by atoms with Crippen LogP contribution < -0.4 is 4.90 Å². The molecule has 0 saturated heterocycles. The lowest BCUT2D eigenvalue weighted by Gasteiger charge is -2.13. The van der Waals surface area contributed by atoms with Gasteiger partial charge in [-0.25, -0.2) is 9.58 Å². The van der Waals surface area contributed by atoms with Crippen LogP contribution in [0, 0.1) is 18.4 Å². The highest BCUT2D eigenvalue weighted by molar-refractivity contribution is 7.98. The molecule has 0 fully saturated rings. The Bertz CT molecular complexity index is 582. The van der Waals surface area contributed by atoms with Gasteiger partial charge in [-0.2, -0.15) is 10.2 Å². The summed E-state index contributed by atoms with van der Waals surface area (Å²) in [6.45, 7) is 2.01. The number of benzene rings is 1.